The topological polar surface area (TPSA) is 65.5 Å². The molecule has 0 saturated carbocycles. The van der Waals surface area contributed by atoms with Crippen molar-refractivity contribution in [3.63, 3.8) is 0 Å². The van der Waals surface area contributed by atoms with Gasteiger partial charge < -0.3 is 14.7 Å². The number of amides is 1. The van der Waals surface area contributed by atoms with E-state index in [1.807, 2.05) is 53.2 Å². The molecule has 0 N–H and O–H groups in total. The summed E-state index contributed by atoms with van der Waals surface area (Å²) in [5.74, 6) is 0.670. The Labute approximate surface area is 164 Å². The van der Waals surface area contributed by atoms with Gasteiger partial charge in [0, 0.05) is 51.3 Å². The molecule has 28 heavy (non-hydrogen) atoms. The molecule has 1 amide bonds. The van der Waals surface area contributed by atoms with Crippen molar-refractivity contribution in [1.82, 2.24) is 19.9 Å². The number of carbonyl (C=O) groups excluding carboxylic acids is 1. The van der Waals surface area contributed by atoms with Crippen LogP contribution in [0.4, 0.5) is 17.3 Å². The van der Waals surface area contributed by atoms with E-state index in [1.165, 1.54) is 0 Å². The second-order valence-corrected chi connectivity index (χ2v) is 6.62. The SMILES string of the molecule is CN(c1ccccc1)c1ccc(C(=O)N2CCN(c3ncccn3)CC2)nc1. The van der Waals surface area contributed by atoms with E-state index in [-0.39, 0.29) is 5.91 Å². The van der Waals surface area contributed by atoms with Crippen molar-refractivity contribution in [3.8, 4) is 0 Å². The lowest BCUT2D eigenvalue weighted by Gasteiger charge is -2.34. The van der Waals surface area contributed by atoms with E-state index in [4.69, 9.17) is 0 Å². The maximum Gasteiger partial charge on any atom is 0.272 e. The Balaban J connectivity index is 1.39. The summed E-state index contributed by atoms with van der Waals surface area (Å²) in [6.07, 6.45) is 5.21. The number of hydrogen-bond donors (Lipinski definition) is 0. The van der Waals surface area contributed by atoms with Gasteiger partial charge in [0.1, 0.15) is 5.69 Å². The van der Waals surface area contributed by atoms with Crippen molar-refractivity contribution in [2.24, 2.45) is 0 Å². The van der Waals surface area contributed by atoms with E-state index in [0.717, 1.165) is 11.4 Å². The number of nitrogens with zero attached hydrogens (tertiary/aromatic N) is 6. The van der Waals surface area contributed by atoms with Crippen molar-refractivity contribution in [2.75, 3.05) is 43.0 Å². The number of benzene rings is 1. The van der Waals surface area contributed by atoms with Crippen molar-refractivity contribution in [1.29, 1.82) is 0 Å². The van der Waals surface area contributed by atoms with E-state index in [2.05, 4.69) is 19.9 Å². The number of piperazine rings is 1. The molecule has 2 aromatic heterocycles. The Bertz CT molecular complexity index is 909. The van der Waals surface area contributed by atoms with Gasteiger partial charge in [-0.3, -0.25) is 4.79 Å². The lowest BCUT2D eigenvalue weighted by molar-refractivity contribution is 0.0740. The Morgan fingerprint density at radius 1 is 0.857 bits per heavy atom. The third-order valence-corrected chi connectivity index (χ3v) is 4.90. The molecule has 1 aliphatic rings. The van der Waals surface area contributed by atoms with Gasteiger partial charge in [-0.1, -0.05) is 18.2 Å². The number of pyridine rings is 1. The lowest BCUT2D eigenvalue weighted by atomic mass is 10.2. The van der Waals surface area contributed by atoms with Crippen LogP contribution in [0, 0.1) is 0 Å². The van der Waals surface area contributed by atoms with Gasteiger partial charge in [0.2, 0.25) is 5.95 Å². The Morgan fingerprint density at radius 2 is 1.57 bits per heavy atom. The molecular formula is C21H22N6O. The second-order valence-electron chi connectivity index (χ2n) is 6.62. The molecule has 3 heterocycles. The summed E-state index contributed by atoms with van der Waals surface area (Å²) in [5, 5.41) is 0. The number of anilines is 3. The Hall–Kier alpha value is -3.48. The minimum Gasteiger partial charge on any atom is -0.343 e. The molecule has 0 unspecified atom stereocenters. The van der Waals surface area contributed by atoms with Crippen molar-refractivity contribution < 1.29 is 4.79 Å². The third-order valence-electron chi connectivity index (χ3n) is 4.90. The van der Waals surface area contributed by atoms with Gasteiger partial charge in [0.15, 0.2) is 0 Å². The van der Waals surface area contributed by atoms with E-state index in [0.29, 0.717) is 37.8 Å². The Morgan fingerprint density at radius 3 is 2.21 bits per heavy atom. The van der Waals surface area contributed by atoms with Gasteiger partial charge >= 0.3 is 0 Å². The van der Waals surface area contributed by atoms with Crippen LogP contribution in [0.15, 0.2) is 67.1 Å². The molecule has 1 aromatic carbocycles. The quantitative estimate of drug-likeness (QED) is 0.699. The number of para-hydroxylation sites is 1. The largest absolute Gasteiger partial charge is 0.343 e. The lowest BCUT2D eigenvalue weighted by Crippen LogP contribution is -2.49. The molecule has 0 aliphatic carbocycles. The van der Waals surface area contributed by atoms with Crippen LogP contribution >= 0.6 is 0 Å². The predicted octanol–water partition coefficient (Wildman–Crippen LogP) is 2.60. The zero-order valence-corrected chi connectivity index (χ0v) is 15.8. The van der Waals surface area contributed by atoms with E-state index in [1.54, 1.807) is 30.7 Å². The number of carbonyl (C=O) groups is 1. The van der Waals surface area contributed by atoms with E-state index in [9.17, 15) is 4.79 Å². The standard InChI is InChI=1S/C21H22N6O/c1-25(17-6-3-2-4-7-17)18-8-9-19(24-16-18)20(28)26-12-14-27(15-13-26)21-22-10-5-11-23-21/h2-11,16H,12-15H2,1H3. The highest BCUT2D eigenvalue weighted by molar-refractivity contribution is 5.92. The number of rotatable bonds is 4. The van der Waals surface area contributed by atoms with Crippen LogP contribution in [0.5, 0.6) is 0 Å². The molecule has 7 heteroatoms. The fraction of sp³-hybridized carbons (Fsp3) is 0.238. The summed E-state index contributed by atoms with van der Waals surface area (Å²) >= 11 is 0. The summed E-state index contributed by atoms with van der Waals surface area (Å²) in [6.45, 7) is 2.68. The van der Waals surface area contributed by atoms with Crippen molar-refractivity contribution in [3.05, 3.63) is 72.8 Å². The highest BCUT2D eigenvalue weighted by Crippen LogP contribution is 2.22. The van der Waals surface area contributed by atoms with Gasteiger partial charge in [0.25, 0.3) is 5.91 Å². The number of aromatic nitrogens is 3. The molecule has 142 valence electrons. The fourth-order valence-corrected chi connectivity index (χ4v) is 3.24. The summed E-state index contributed by atoms with van der Waals surface area (Å²) in [7, 11) is 1.98. The van der Waals surface area contributed by atoms with Gasteiger partial charge in [-0.25, -0.2) is 15.0 Å². The average molecular weight is 374 g/mol. The van der Waals surface area contributed by atoms with Gasteiger partial charge in [-0.15, -0.1) is 0 Å². The summed E-state index contributed by atoms with van der Waals surface area (Å²) in [6, 6.07) is 15.6. The highest BCUT2D eigenvalue weighted by Gasteiger charge is 2.24. The summed E-state index contributed by atoms with van der Waals surface area (Å²) in [4.78, 5) is 31.7. The monoisotopic (exact) mass is 374 g/mol. The van der Waals surface area contributed by atoms with E-state index >= 15 is 0 Å². The van der Waals surface area contributed by atoms with Gasteiger partial charge in [-0.05, 0) is 30.3 Å². The van der Waals surface area contributed by atoms with Crippen LogP contribution < -0.4 is 9.80 Å². The summed E-state index contributed by atoms with van der Waals surface area (Å²) < 4.78 is 0. The molecule has 0 radical (unpaired) electrons. The average Bonchev–Trinajstić information content (AvgIpc) is 2.79. The van der Waals surface area contributed by atoms with Crippen LogP contribution in [0.3, 0.4) is 0 Å². The van der Waals surface area contributed by atoms with Crippen molar-refractivity contribution in [2.45, 2.75) is 0 Å². The number of hydrogen-bond acceptors (Lipinski definition) is 6. The van der Waals surface area contributed by atoms with Crippen LogP contribution in [0.25, 0.3) is 0 Å². The molecule has 1 fully saturated rings. The predicted molar refractivity (Wildman–Crippen MR) is 109 cm³/mol. The first kappa shape index (κ1) is 17.9. The van der Waals surface area contributed by atoms with Crippen LogP contribution in [-0.4, -0.2) is 59.0 Å². The zero-order chi connectivity index (χ0) is 19.3. The molecule has 3 aromatic rings. The Kier molecular flexibility index (Phi) is 5.14. The maximum absolute atomic E-state index is 12.8. The first-order valence-electron chi connectivity index (χ1n) is 9.28. The zero-order valence-electron chi connectivity index (χ0n) is 15.8. The molecule has 4 rings (SSSR count). The molecule has 0 bridgehead atoms. The van der Waals surface area contributed by atoms with Gasteiger partial charge in [0.05, 0.1) is 11.9 Å². The fourth-order valence-electron chi connectivity index (χ4n) is 3.24. The van der Waals surface area contributed by atoms with Crippen LogP contribution in [0.1, 0.15) is 10.5 Å². The third kappa shape index (κ3) is 3.78. The molecule has 0 atom stereocenters. The smallest absolute Gasteiger partial charge is 0.272 e. The second kappa shape index (κ2) is 8.04. The van der Waals surface area contributed by atoms with E-state index < -0.39 is 0 Å². The maximum atomic E-state index is 12.8. The normalized spacial score (nSPS) is 14.0. The minimum atomic E-state index is -0.0393. The molecule has 1 aliphatic heterocycles. The molecular weight excluding hydrogens is 352 g/mol. The minimum absolute atomic E-state index is 0.0393. The summed E-state index contributed by atoms with van der Waals surface area (Å²) in [5.41, 5.74) is 2.48. The van der Waals surface area contributed by atoms with Crippen LogP contribution in [0.2, 0.25) is 0 Å². The molecule has 7 nitrogen and oxygen atoms in total. The van der Waals surface area contributed by atoms with Crippen LogP contribution in [-0.2, 0) is 0 Å². The first-order valence-corrected chi connectivity index (χ1v) is 9.28. The highest BCUT2D eigenvalue weighted by atomic mass is 16.2. The van der Waals surface area contributed by atoms with Crippen molar-refractivity contribution >= 4 is 23.2 Å². The molecule has 1 saturated heterocycles. The first-order chi connectivity index (χ1) is 13.7. The van der Waals surface area contributed by atoms with Gasteiger partial charge in [-0.2, -0.15) is 0 Å². The molecule has 0 spiro atoms.